The van der Waals surface area contributed by atoms with Gasteiger partial charge in [-0.1, -0.05) is 33.1 Å². The van der Waals surface area contributed by atoms with Crippen molar-refractivity contribution in [1.82, 2.24) is 10.2 Å². The molecule has 106 valence electrons. The number of piperidine rings is 1. The minimum absolute atomic E-state index is 0.903. The van der Waals surface area contributed by atoms with Crippen LogP contribution in [0.2, 0.25) is 0 Å². The van der Waals surface area contributed by atoms with Gasteiger partial charge in [-0.15, -0.1) is 0 Å². The largest absolute Gasteiger partial charge is 0.317 e. The molecule has 1 aliphatic heterocycles. The summed E-state index contributed by atoms with van der Waals surface area (Å²) in [7, 11) is 0. The molecule has 1 aliphatic carbocycles. The molecule has 2 nitrogen and oxygen atoms in total. The highest BCUT2D eigenvalue weighted by Gasteiger charge is 2.29. The SMILES string of the molecule is CCNCC1CCCN(C2CCCC(CC)C2)C1. The van der Waals surface area contributed by atoms with Crippen LogP contribution in [0.3, 0.4) is 0 Å². The summed E-state index contributed by atoms with van der Waals surface area (Å²) in [6, 6.07) is 0.910. The van der Waals surface area contributed by atoms with Crippen LogP contribution in [0.25, 0.3) is 0 Å². The lowest BCUT2D eigenvalue weighted by Gasteiger charge is -2.42. The molecule has 2 heteroatoms. The molecule has 0 aromatic rings. The van der Waals surface area contributed by atoms with E-state index in [1.165, 1.54) is 64.6 Å². The first kappa shape index (κ1) is 14.3. The van der Waals surface area contributed by atoms with Crippen LogP contribution in [-0.2, 0) is 0 Å². The molecule has 0 radical (unpaired) electrons. The fourth-order valence-electron chi connectivity index (χ4n) is 3.91. The maximum absolute atomic E-state index is 3.53. The van der Waals surface area contributed by atoms with Crippen molar-refractivity contribution in [3.63, 3.8) is 0 Å². The Hall–Kier alpha value is -0.0800. The van der Waals surface area contributed by atoms with E-state index in [4.69, 9.17) is 0 Å². The summed E-state index contributed by atoms with van der Waals surface area (Å²) in [5, 5.41) is 3.53. The summed E-state index contributed by atoms with van der Waals surface area (Å²) in [6.45, 7) is 9.66. The third-order valence-corrected chi connectivity index (χ3v) is 5.08. The number of likely N-dealkylation sites (tertiary alicyclic amines) is 1. The lowest BCUT2D eigenvalue weighted by molar-refractivity contribution is 0.0813. The van der Waals surface area contributed by atoms with Crippen LogP contribution >= 0.6 is 0 Å². The summed E-state index contributed by atoms with van der Waals surface area (Å²) in [6.07, 6.45) is 10.1. The molecule has 0 bridgehead atoms. The molecule has 1 heterocycles. The maximum atomic E-state index is 3.53. The average molecular weight is 252 g/mol. The Labute approximate surface area is 114 Å². The van der Waals surface area contributed by atoms with Crippen LogP contribution in [-0.4, -0.2) is 37.1 Å². The molecule has 0 spiro atoms. The van der Waals surface area contributed by atoms with Crippen LogP contribution in [0.1, 0.15) is 58.8 Å². The fourth-order valence-corrected chi connectivity index (χ4v) is 3.91. The normalized spacial score (nSPS) is 34.7. The van der Waals surface area contributed by atoms with Crippen LogP contribution in [0.4, 0.5) is 0 Å². The molecular formula is C16H32N2. The fraction of sp³-hybridized carbons (Fsp3) is 1.00. The Morgan fingerprint density at radius 2 is 1.89 bits per heavy atom. The van der Waals surface area contributed by atoms with Gasteiger partial charge in [-0.3, -0.25) is 0 Å². The van der Waals surface area contributed by atoms with Crippen molar-refractivity contribution in [3.05, 3.63) is 0 Å². The second-order valence-corrected chi connectivity index (χ2v) is 6.41. The second kappa shape index (κ2) is 7.49. The van der Waals surface area contributed by atoms with Crippen LogP contribution < -0.4 is 5.32 Å². The van der Waals surface area contributed by atoms with Crippen molar-refractivity contribution in [2.45, 2.75) is 64.8 Å². The number of rotatable bonds is 5. The maximum Gasteiger partial charge on any atom is 0.00980 e. The van der Waals surface area contributed by atoms with Crippen LogP contribution in [0, 0.1) is 11.8 Å². The first-order chi connectivity index (χ1) is 8.83. The number of hydrogen-bond acceptors (Lipinski definition) is 2. The predicted octanol–water partition coefficient (Wildman–Crippen LogP) is 3.28. The van der Waals surface area contributed by atoms with Gasteiger partial charge in [0.1, 0.15) is 0 Å². The summed E-state index contributed by atoms with van der Waals surface area (Å²) in [5.41, 5.74) is 0. The minimum atomic E-state index is 0.903. The van der Waals surface area contributed by atoms with Crippen LogP contribution in [0.15, 0.2) is 0 Å². The summed E-state index contributed by atoms with van der Waals surface area (Å²) < 4.78 is 0. The van der Waals surface area contributed by atoms with Gasteiger partial charge in [-0.2, -0.15) is 0 Å². The summed E-state index contributed by atoms with van der Waals surface area (Å²) in [4.78, 5) is 2.83. The molecule has 1 saturated heterocycles. The number of nitrogens with one attached hydrogen (secondary N) is 1. The molecule has 2 fully saturated rings. The molecule has 18 heavy (non-hydrogen) atoms. The number of nitrogens with zero attached hydrogens (tertiary/aromatic N) is 1. The van der Waals surface area contributed by atoms with Gasteiger partial charge in [-0.25, -0.2) is 0 Å². The Kier molecular flexibility index (Phi) is 5.97. The first-order valence-electron chi connectivity index (χ1n) is 8.28. The van der Waals surface area contributed by atoms with Crippen molar-refractivity contribution < 1.29 is 0 Å². The van der Waals surface area contributed by atoms with Gasteiger partial charge in [-0.05, 0) is 57.2 Å². The Morgan fingerprint density at radius 1 is 1.06 bits per heavy atom. The Balaban J connectivity index is 1.80. The first-order valence-corrected chi connectivity index (χ1v) is 8.28. The third kappa shape index (κ3) is 3.96. The van der Waals surface area contributed by atoms with Crippen molar-refractivity contribution in [2.24, 2.45) is 11.8 Å². The Morgan fingerprint density at radius 3 is 2.67 bits per heavy atom. The predicted molar refractivity (Wildman–Crippen MR) is 78.9 cm³/mol. The van der Waals surface area contributed by atoms with E-state index in [0.29, 0.717) is 0 Å². The third-order valence-electron chi connectivity index (χ3n) is 5.08. The smallest absolute Gasteiger partial charge is 0.00980 e. The van der Waals surface area contributed by atoms with Crippen molar-refractivity contribution in [3.8, 4) is 0 Å². The van der Waals surface area contributed by atoms with E-state index < -0.39 is 0 Å². The van der Waals surface area contributed by atoms with Gasteiger partial charge in [0.25, 0.3) is 0 Å². The van der Waals surface area contributed by atoms with Gasteiger partial charge < -0.3 is 10.2 Å². The second-order valence-electron chi connectivity index (χ2n) is 6.41. The van der Waals surface area contributed by atoms with E-state index in [1.807, 2.05) is 0 Å². The molecule has 2 aliphatic rings. The van der Waals surface area contributed by atoms with E-state index in [9.17, 15) is 0 Å². The molecule has 3 atom stereocenters. The average Bonchev–Trinajstić information content (AvgIpc) is 2.45. The monoisotopic (exact) mass is 252 g/mol. The molecular weight excluding hydrogens is 220 g/mol. The molecule has 3 unspecified atom stereocenters. The van der Waals surface area contributed by atoms with E-state index >= 15 is 0 Å². The van der Waals surface area contributed by atoms with Crippen molar-refractivity contribution >= 4 is 0 Å². The molecule has 0 aromatic heterocycles. The standard InChI is InChI=1S/C16H32N2/c1-3-14-7-5-9-16(11-14)18-10-6-8-15(13-18)12-17-4-2/h14-17H,3-13H2,1-2H3. The van der Waals surface area contributed by atoms with Gasteiger partial charge in [0.15, 0.2) is 0 Å². The Bertz CT molecular complexity index is 229. The number of hydrogen-bond donors (Lipinski definition) is 1. The zero-order valence-corrected chi connectivity index (χ0v) is 12.5. The van der Waals surface area contributed by atoms with Gasteiger partial charge >= 0.3 is 0 Å². The van der Waals surface area contributed by atoms with Crippen LogP contribution in [0.5, 0.6) is 0 Å². The quantitative estimate of drug-likeness (QED) is 0.808. The molecule has 2 rings (SSSR count). The molecule has 1 saturated carbocycles. The topological polar surface area (TPSA) is 15.3 Å². The highest BCUT2D eigenvalue weighted by molar-refractivity contribution is 4.84. The lowest BCUT2D eigenvalue weighted by atomic mass is 9.82. The van der Waals surface area contributed by atoms with E-state index in [2.05, 4.69) is 24.1 Å². The zero-order valence-electron chi connectivity index (χ0n) is 12.5. The summed E-state index contributed by atoms with van der Waals surface area (Å²) in [5.74, 6) is 1.92. The summed E-state index contributed by atoms with van der Waals surface area (Å²) >= 11 is 0. The molecule has 1 N–H and O–H groups in total. The van der Waals surface area contributed by atoms with Crippen molar-refractivity contribution in [2.75, 3.05) is 26.2 Å². The minimum Gasteiger partial charge on any atom is -0.317 e. The van der Waals surface area contributed by atoms with Gasteiger partial charge in [0.2, 0.25) is 0 Å². The zero-order chi connectivity index (χ0) is 12.8. The van der Waals surface area contributed by atoms with E-state index in [1.54, 1.807) is 0 Å². The van der Waals surface area contributed by atoms with Crippen molar-refractivity contribution in [1.29, 1.82) is 0 Å². The molecule has 0 amide bonds. The van der Waals surface area contributed by atoms with E-state index in [-0.39, 0.29) is 0 Å². The van der Waals surface area contributed by atoms with E-state index in [0.717, 1.165) is 24.4 Å². The highest BCUT2D eigenvalue weighted by Crippen LogP contribution is 2.31. The highest BCUT2D eigenvalue weighted by atomic mass is 15.2. The van der Waals surface area contributed by atoms with Gasteiger partial charge in [0.05, 0.1) is 0 Å². The molecule has 0 aromatic carbocycles. The van der Waals surface area contributed by atoms with Gasteiger partial charge in [0, 0.05) is 12.6 Å². The lowest BCUT2D eigenvalue weighted by Crippen LogP contribution is -2.46.